The highest BCUT2D eigenvalue weighted by molar-refractivity contribution is 5.55. The summed E-state index contributed by atoms with van der Waals surface area (Å²) in [5.74, 6) is 0.268. The second kappa shape index (κ2) is 4.36. The highest BCUT2D eigenvalue weighted by Gasteiger charge is 2.09. The summed E-state index contributed by atoms with van der Waals surface area (Å²) in [5.41, 5.74) is 6.68. The molecule has 0 aliphatic rings. The third-order valence-corrected chi connectivity index (χ3v) is 2.30. The van der Waals surface area contributed by atoms with E-state index in [1.54, 1.807) is 23.7 Å². The lowest BCUT2D eigenvalue weighted by atomic mass is 10.1. The van der Waals surface area contributed by atoms with Gasteiger partial charge in [-0.05, 0) is 29.0 Å². The van der Waals surface area contributed by atoms with Crippen molar-refractivity contribution < 1.29 is 4.39 Å². The van der Waals surface area contributed by atoms with Crippen LogP contribution in [0, 0.1) is 12.7 Å². The van der Waals surface area contributed by atoms with Gasteiger partial charge in [0.05, 0.1) is 6.54 Å². The van der Waals surface area contributed by atoms with E-state index < -0.39 is 0 Å². The van der Waals surface area contributed by atoms with Crippen molar-refractivity contribution in [2.45, 2.75) is 13.5 Å². The molecule has 84 valence electrons. The second-order valence-corrected chi connectivity index (χ2v) is 3.48. The van der Waals surface area contributed by atoms with E-state index in [1.165, 1.54) is 6.07 Å². The van der Waals surface area contributed by atoms with E-state index in [-0.39, 0.29) is 5.82 Å². The zero-order valence-electron chi connectivity index (χ0n) is 8.89. The summed E-state index contributed by atoms with van der Waals surface area (Å²) >= 11 is 0. The predicted molar refractivity (Wildman–Crippen MR) is 57.0 cm³/mol. The quantitative estimate of drug-likeness (QED) is 0.830. The zero-order valence-corrected chi connectivity index (χ0v) is 8.89. The van der Waals surface area contributed by atoms with Crippen molar-refractivity contribution in [3.8, 4) is 11.4 Å². The largest absolute Gasteiger partial charge is 0.329 e. The number of hydrogen-bond acceptors (Lipinski definition) is 4. The van der Waals surface area contributed by atoms with Crippen LogP contribution in [0.4, 0.5) is 4.39 Å². The molecule has 0 saturated heterocycles. The van der Waals surface area contributed by atoms with Crippen molar-refractivity contribution in [2.24, 2.45) is 5.73 Å². The van der Waals surface area contributed by atoms with Crippen LogP contribution in [0.15, 0.2) is 18.2 Å². The van der Waals surface area contributed by atoms with Crippen LogP contribution in [-0.4, -0.2) is 26.8 Å². The maximum Gasteiger partial charge on any atom is 0.182 e. The summed E-state index contributed by atoms with van der Waals surface area (Å²) in [4.78, 5) is 0. The third kappa shape index (κ3) is 1.92. The van der Waals surface area contributed by atoms with E-state index in [1.807, 2.05) is 0 Å². The summed E-state index contributed by atoms with van der Waals surface area (Å²) in [6, 6.07) is 4.91. The van der Waals surface area contributed by atoms with Crippen molar-refractivity contribution in [1.29, 1.82) is 0 Å². The first kappa shape index (κ1) is 10.7. The number of tetrazole rings is 1. The highest BCUT2D eigenvalue weighted by atomic mass is 19.1. The molecular formula is C10H12FN5. The molecule has 0 radical (unpaired) electrons. The van der Waals surface area contributed by atoms with E-state index in [0.29, 0.717) is 30.0 Å². The highest BCUT2D eigenvalue weighted by Crippen LogP contribution is 2.18. The molecule has 0 aliphatic heterocycles. The van der Waals surface area contributed by atoms with Crippen LogP contribution in [-0.2, 0) is 6.54 Å². The Morgan fingerprint density at radius 1 is 1.44 bits per heavy atom. The average molecular weight is 221 g/mol. The molecule has 0 atom stereocenters. The Bertz CT molecular complexity index is 494. The fourth-order valence-corrected chi connectivity index (χ4v) is 1.42. The van der Waals surface area contributed by atoms with Crippen molar-refractivity contribution in [2.75, 3.05) is 6.54 Å². The van der Waals surface area contributed by atoms with Crippen molar-refractivity contribution in [3.63, 3.8) is 0 Å². The molecule has 0 amide bonds. The van der Waals surface area contributed by atoms with Gasteiger partial charge in [-0.1, -0.05) is 12.1 Å². The second-order valence-electron chi connectivity index (χ2n) is 3.48. The first-order chi connectivity index (χ1) is 7.72. The van der Waals surface area contributed by atoms with Crippen LogP contribution in [0.2, 0.25) is 0 Å². The number of rotatable bonds is 3. The van der Waals surface area contributed by atoms with Crippen LogP contribution in [0.25, 0.3) is 11.4 Å². The Labute approximate surface area is 92.1 Å². The molecule has 0 unspecified atom stereocenters. The molecule has 16 heavy (non-hydrogen) atoms. The van der Waals surface area contributed by atoms with E-state index in [9.17, 15) is 4.39 Å². The molecule has 0 saturated carbocycles. The van der Waals surface area contributed by atoms with E-state index >= 15 is 0 Å². The van der Waals surface area contributed by atoms with Gasteiger partial charge in [-0.25, -0.2) is 9.07 Å². The number of halogens is 1. The number of nitrogens with zero attached hydrogens (tertiary/aromatic N) is 4. The maximum atomic E-state index is 13.4. The van der Waals surface area contributed by atoms with Gasteiger partial charge in [-0.2, -0.15) is 0 Å². The van der Waals surface area contributed by atoms with Crippen LogP contribution >= 0.6 is 0 Å². The van der Waals surface area contributed by atoms with Gasteiger partial charge in [-0.3, -0.25) is 0 Å². The van der Waals surface area contributed by atoms with E-state index in [2.05, 4.69) is 15.5 Å². The Hall–Kier alpha value is -1.82. The van der Waals surface area contributed by atoms with Crippen molar-refractivity contribution in [1.82, 2.24) is 20.2 Å². The van der Waals surface area contributed by atoms with Crippen LogP contribution in [0.5, 0.6) is 0 Å². The Morgan fingerprint density at radius 3 is 2.94 bits per heavy atom. The summed E-state index contributed by atoms with van der Waals surface area (Å²) < 4.78 is 14.9. The molecule has 1 heterocycles. The lowest BCUT2D eigenvalue weighted by Gasteiger charge is -2.03. The fraction of sp³-hybridized carbons (Fsp3) is 0.300. The predicted octanol–water partition coefficient (Wildman–Crippen LogP) is 0.746. The van der Waals surface area contributed by atoms with Gasteiger partial charge in [0, 0.05) is 12.1 Å². The van der Waals surface area contributed by atoms with Gasteiger partial charge in [0.25, 0.3) is 0 Å². The average Bonchev–Trinajstić information content (AvgIpc) is 2.71. The molecule has 2 aromatic rings. The molecule has 0 bridgehead atoms. The van der Waals surface area contributed by atoms with Crippen LogP contribution in [0.3, 0.4) is 0 Å². The van der Waals surface area contributed by atoms with Crippen molar-refractivity contribution in [3.05, 3.63) is 29.6 Å². The molecule has 0 fully saturated rings. The molecule has 1 aromatic carbocycles. The summed E-state index contributed by atoms with van der Waals surface area (Å²) in [6.45, 7) is 2.66. The molecule has 0 aliphatic carbocycles. The van der Waals surface area contributed by atoms with Gasteiger partial charge in [0.1, 0.15) is 5.82 Å². The normalized spacial score (nSPS) is 10.7. The van der Waals surface area contributed by atoms with Crippen molar-refractivity contribution >= 4 is 0 Å². The molecule has 2 N–H and O–H groups in total. The first-order valence-corrected chi connectivity index (χ1v) is 4.95. The Kier molecular flexibility index (Phi) is 2.91. The molecule has 5 nitrogen and oxygen atoms in total. The van der Waals surface area contributed by atoms with Crippen LogP contribution < -0.4 is 5.73 Å². The van der Waals surface area contributed by atoms with Gasteiger partial charge >= 0.3 is 0 Å². The first-order valence-electron chi connectivity index (χ1n) is 4.95. The Morgan fingerprint density at radius 2 is 2.25 bits per heavy atom. The third-order valence-electron chi connectivity index (χ3n) is 2.30. The summed E-state index contributed by atoms with van der Waals surface area (Å²) in [7, 11) is 0. The van der Waals surface area contributed by atoms with Gasteiger partial charge in [0.15, 0.2) is 5.82 Å². The molecule has 6 heteroatoms. The Balaban J connectivity index is 2.42. The SMILES string of the molecule is Cc1ccc(-c2nnnn2CCN)cc1F. The van der Waals surface area contributed by atoms with Crippen LogP contribution in [0.1, 0.15) is 5.56 Å². The topological polar surface area (TPSA) is 69.6 Å². The monoisotopic (exact) mass is 221 g/mol. The van der Waals surface area contributed by atoms with Gasteiger partial charge in [-0.15, -0.1) is 5.10 Å². The smallest absolute Gasteiger partial charge is 0.182 e. The number of hydrogen-bond donors (Lipinski definition) is 1. The molecule has 2 rings (SSSR count). The summed E-state index contributed by atoms with van der Waals surface area (Å²) in [6.07, 6.45) is 0. The number of aryl methyl sites for hydroxylation is 1. The minimum Gasteiger partial charge on any atom is -0.329 e. The molecule has 0 spiro atoms. The lowest BCUT2D eigenvalue weighted by molar-refractivity contribution is 0.600. The van der Waals surface area contributed by atoms with E-state index in [4.69, 9.17) is 5.73 Å². The standard InChI is InChI=1S/C10H12FN5/c1-7-2-3-8(6-9(7)11)10-13-14-15-16(10)5-4-12/h2-3,6H,4-5,12H2,1H3. The lowest BCUT2D eigenvalue weighted by Crippen LogP contribution is -2.12. The number of aromatic nitrogens is 4. The van der Waals surface area contributed by atoms with Gasteiger partial charge < -0.3 is 5.73 Å². The zero-order chi connectivity index (χ0) is 11.5. The number of nitrogens with two attached hydrogens (primary N) is 1. The summed E-state index contributed by atoms with van der Waals surface area (Å²) in [5, 5.41) is 11.2. The molecular weight excluding hydrogens is 209 g/mol. The van der Waals surface area contributed by atoms with Gasteiger partial charge in [0.2, 0.25) is 0 Å². The van der Waals surface area contributed by atoms with E-state index in [0.717, 1.165) is 0 Å². The minimum atomic E-state index is -0.264. The minimum absolute atomic E-state index is 0.264. The maximum absolute atomic E-state index is 13.4. The fourth-order valence-electron chi connectivity index (χ4n) is 1.42. The number of benzene rings is 1. The molecule has 1 aromatic heterocycles.